The molecule has 0 atom stereocenters. The summed E-state index contributed by atoms with van der Waals surface area (Å²) in [6.45, 7) is 2.27. The molecular weight excluding hydrogens is 354 g/mol. The van der Waals surface area contributed by atoms with E-state index in [-0.39, 0.29) is 0 Å². The number of carbonyl (C=O) groups is 1. The monoisotopic (exact) mass is 391 g/mol. The first-order valence-electron chi connectivity index (χ1n) is 11.8. The maximum absolute atomic E-state index is 10.7. The molecule has 1 aliphatic rings. The van der Waals surface area contributed by atoms with E-state index in [0.717, 1.165) is 24.8 Å². The van der Waals surface area contributed by atoms with Gasteiger partial charge in [-0.15, -0.1) is 0 Å². The Morgan fingerprint density at radius 1 is 0.897 bits per heavy atom. The fourth-order valence-corrected chi connectivity index (χ4v) is 4.65. The minimum atomic E-state index is 0.613. The molecule has 1 saturated carbocycles. The summed E-state index contributed by atoms with van der Waals surface area (Å²) in [4.78, 5) is 15.4. The number of hydrogen-bond acceptors (Lipinski definition) is 2. The Labute approximate surface area is 177 Å². The Hall–Kier alpha value is -1.96. The van der Waals surface area contributed by atoms with Crippen LogP contribution in [0.3, 0.4) is 0 Å². The zero-order valence-corrected chi connectivity index (χ0v) is 18.1. The molecule has 2 aromatic rings. The smallest absolute Gasteiger partial charge is 0.120 e. The predicted octanol–water partition coefficient (Wildman–Crippen LogP) is 7.51. The third kappa shape index (κ3) is 6.80. The largest absolute Gasteiger partial charge is 0.303 e. The van der Waals surface area contributed by atoms with Crippen LogP contribution in [0.5, 0.6) is 0 Å². The molecule has 0 bridgehead atoms. The van der Waals surface area contributed by atoms with Gasteiger partial charge in [0.25, 0.3) is 0 Å². The molecule has 2 heteroatoms. The first kappa shape index (κ1) is 21.7. The average molecular weight is 392 g/mol. The van der Waals surface area contributed by atoms with Crippen molar-refractivity contribution < 1.29 is 4.79 Å². The first-order valence-corrected chi connectivity index (χ1v) is 11.8. The fourth-order valence-electron chi connectivity index (χ4n) is 4.65. The average Bonchev–Trinajstić information content (AvgIpc) is 2.78. The molecular formula is C27H37NO. The second kappa shape index (κ2) is 11.9. The summed E-state index contributed by atoms with van der Waals surface area (Å²) in [6, 6.07) is 13.4. The highest BCUT2D eigenvalue weighted by atomic mass is 16.1. The van der Waals surface area contributed by atoms with Gasteiger partial charge in [-0.05, 0) is 67.6 Å². The third-order valence-corrected chi connectivity index (χ3v) is 6.60. The third-order valence-electron chi connectivity index (χ3n) is 6.60. The molecule has 1 heterocycles. The molecule has 0 saturated heterocycles. The van der Waals surface area contributed by atoms with Crippen LogP contribution in [0.1, 0.15) is 94.6 Å². The summed E-state index contributed by atoms with van der Waals surface area (Å²) in [5, 5.41) is 0. The molecule has 1 fully saturated rings. The molecule has 3 rings (SSSR count). The zero-order valence-electron chi connectivity index (χ0n) is 18.1. The molecule has 0 amide bonds. The van der Waals surface area contributed by atoms with Crippen molar-refractivity contribution in [2.24, 2.45) is 5.92 Å². The molecule has 1 aromatic heterocycles. The predicted molar refractivity (Wildman–Crippen MR) is 122 cm³/mol. The van der Waals surface area contributed by atoms with Crippen LogP contribution >= 0.6 is 0 Å². The number of unbranched alkanes of at least 4 members (excludes halogenated alkanes) is 5. The van der Waals surface area contributed by atoms with Crippen molar-refractivity contribution in [1.29, 1.82) is 0 Å². The van der Waals surface area contributed by atoms with Crippen molar-refractivity contribution in [3.63, 3.8) is 0 Å². The number of pyridine rings is 1. The van der Waals surface area contributed by atoms with E-state index >= 15 is 0 Å². The number of aromatic nitrogens is 1. The van der Waals surface area contributed by atoms with Gasteiger partial charge >= 0.3 is 0 Å². The summed E-state index contributed by atoms with van der Waals surface area (Å²) < 4.78 is 0. The van der Waals surface area contributed by atoms with Crippen molar-refractivity contribution in [2.75, 3.05) is 0 Å². The van der Waals surface area contributed by atoms with Crippen LogP contribution in [0.15, 0.2) is 42.6 Å². The van der Waals surface area contributed by atoms with Gasteiger partial charge in [-0.3, -0.25) is 4.98 Å². The van der Waals surface area contributed by atoms with Gasteiger partial charge in [0.1, 0.15) is 6.29 Å². The number of aldehydes is 1. The standard InChI is InChI=1S/C27H37NO/c1-2-3-4-5-6-7-8-23-11-18-27(28-21-23)26-16-14-25(15-17-26)24-12-9-22(10-13-24)19-20-29/h11,14-18,20-22,24H,2-10,12-13,19H2,1H3. The Morgan fingerprint density at radius 2 is 1.62 bits per heavy atom. The molecule has 0 unspecified atom stereocenters. The molecule has 0 spiro atoms. The molecule has 156 valence electrons. The van der Waals surface area contributed by atoms with E-state index in [1.165, 1.54) is 80.9 Å². The van der Waals surface area contributed by atoms with Crippen molar-refractivity contribution in [3.8, 4) is 11.3 Å². The lowest BCUT2D eigenvalue weighted by Gasteiger charge is -2.27. The summed E-state index contributed by atoms with van der Waals surface area (Å²) in [7, 11) is 0. The Balaban J connectivity index is 1.48. The number of nitrogens with zero attached hydrogens (tertiary/aromatic N) is 1. The number of rotatable bonds is 11. The van der Waals surface area contributed by atoms with E-state index in [9.17, 15) is 4.79 Å². The topological polar surface area (TPSA) is 30.0 Å². The van der Waals surface area contributed by atoms with E-state index < -0.39 is 0 Å². The summed E-state index contributed by atoms with van der Waals surface area (Å²) in [5.74, 6) is 1.27. The molecule has 1 aliphatic carbocycles. The molecule has 2 nitrogen and oxygen atoms in total. The van der Waals surface area contributed by atoms with Crippen LogP contribution in [0.4, 0.5) is 0 Å². The maximum atomic E-state index is 10.7. The van der Waals surface area contributed by atoms with Gasteiger partial charge < -0.3 is 4.79 Å². The Bertz CT molecular complexity index is 711. The molecule has 0 radical (unpaired) electrons. The fraction of sp³-hybridized carbons (Fsp3) is 0.556. The number of aryl methyl sites for hydroxylation is 1. The summed E-state index contributed by atoms with van der Waals surface area (Å²) >= 11 is 0. The minimum absolute atomic E-state index is 0.613. The van der Waals surface area contributed by atoms with Gasteiger partial charge in [0.2, 0.25) is 0 Å². The van der Waals surface area contributed by atoms with Gasteiger partial charge in [-0.1, -0.05) is 69.4 Å². The molecule has 0 N–H and O–H groups in total. The molecule has 29 heavy (non-hydrogen) atoms. The van der Waals surface area contributed by atoms with Crippen molar-refractivity contribution in [3.05, 3.63) is 53.7 Å². The van der Waals surface area contributed by atoms with Gasteiger partial charge in [0.05, 0.1) is 5.69 Å². The van der Waals surface area contributed by atoms with Crippen LogP contribution in [0.2, 0.25) is 0 Å². The number of benzene rings is 1. The van der Waals surface area contributed by atoms with Crippen molar-refractivity contribution in [2.45, 2.75) is 89.9 Å². The van der Waals surface area contributed by atoms with Gasteiger partial charge in [-0.25, -0.2) is 0 Å². The minimum Gasteiger partial charge on any atom is -0.303 e. The Morgan fingerprint density at radius 3 is 2.28 bits per heavy atom. The van der Waals surface area contributed by atoms with Crippen LogP contribution in [-0.2, 0) is 11.2 Å². The molecule has 0 aliphatic heterocycles. The maximum Gasteiger partial charge on any atom is 0.120 e. The highest BCUT2D eigenvalue weighted by Crippen LogP contribution is 2.37. The van der Waals surface area contributed by atoms with Crippen LogP contribution in [0.25, 0.3) is 11.3 Å². The number of hydrogen-bond donors (Lipinski definition) is 0. The van der Waals surface area contributed by atoms with Crippen LogP contribution < -0.4 is 0 Å². The van der Waals surface area contributed by atoms with Gasteiger partial charge in [0, 0.05) is 18.2 Å². The lowest BCUT2D eigenvalue weighted by atomic mass is 9.77. The quantitative estimate of drug-likeness (QED) is 0.293. The zero-order chi connectivity index (χ0) is 20.3. The second-order valence-corrected chi connectivity index (χ2v) is 8.81. The summed E-state index contributed by atoms with van der Waals surface area (Å²) in [5.41, 5.74) is 5.07. The van der Waals surface area contributed by atoms with E-state index in [1.54, 1.807) is 0 Å². The van der Waals surface area contributed by atoms with Crippen molar-refractivity contribution >= 4 is 6.29 Å². The van der Waals surface area contributed by atoms with E-state index in [1.807, 2.05) is 0 Å². The molecule has 1 aromatic carbocycles. The van der Waals surface area contributed by atoms with Gasteiger partial charge in [0.15, 0.2) is 0 Å². The van der Waals surface area contributed by atoms with Gasteiger partial charge in [-0.2, -0.15) is 0 Å². The highest BCUT2D eigenvalue weighted by Gasteiger charge is 2.22. The second-order valence-electron chi connectivity index (χ2n) is 8.81. The van der Waals surface area contributed by atoms with E-state index in [4.69, 9.17) is 4.98 Å². The highest BCUT2D eigenvalue weighted by molar-refractivity contribution is 5.59. The lowest BCUT2D eigenvalue weighted by molar-refractivity contribution is -0.108. The first-order chi connectivity index (χ1) is 14.3. The van der Waals surface area contributed by atoms with Crippen molar-refractivity contribution in [1.82, 2.24) is 4.98 Å². The SMILES string of the molecule is CCCCCCCCc1ccc(-c2ccc(C3CCC(CC=O)CC3)cc2)nc1. The van der Waals surface area contributed by atoms with Crippen LogP contribution in [-0.4, -0.2) is 11.3 Å². The van der Waals surface area contributed by atoms with Crippen LogP contribution in [0, 0.1) is 5.92 Å². The van der Waals surface area contributed by atoms with E-state index in [2.05, 4.69) is 49.5 Å². The number of carbonyl (C=O) groups excluding carboxylic acids is 1. The summed E-state index contributed by atoms with van der Waals surface area (Å²) in [6.07, 6.45) is 17.9. The van der Waals surface area contributed by atoms with E-state index in [0.29, 0.717) is 11.8 Å². The lowest BCUT2D eigenvalue weighted by Crippen LogP contribution is -2.13. The normalized spacial score (nSPS) is 19.2. The Kier molecular flexibility index (Phi) is 8.92.